The molecule has 2 atom stereocenters. The third-order valence-corrected chi connectivity index (χ3v) is 16.7. The van der Waals surface area contributed by atoms with Gasteiger partial charge in [0, 0.05) is 38.7 Å². The van der Waals surface area contributed by atoms with Crippen molar-refractivity contribution < 1.29 is 4.42 Å². The molecule has 2 saturated carbocycles. The number of fused-ring (bicyclic) bond motifs is 10. The zero-order valence-corrected chi connectivity index (χ0v) is 41.2. The van der Waals surface area contributed by atoms with E-state index in [1.54, 1.807) is 0 Å². The summed E-state index contributed by atoms with van der Waals surface area (Å²) >= 11 is 0. The van der Waals surface area contributed by atoms with Crippen molar-refractivity contribution in [2.45, 2.75) is 51.4 Å². The monoisotopic (exact) mass is 939 g/mol. The van der Waals surface area contributed by atoms with Gasteiger partial charge in [-0.05, 0) is 158 Å². The van der Waals surface area contributed by atoms with Crippen molar-refractivity contribution in [2.24, 2.45) is 17.8 Å². The summed E-state index contributed by atoms with van der Waals surface area (Å²) in [5, 5.41) is 10.9. The van der Waals surface area contributed by atoms with Gasteiger partial charge in [0.25, 0.3) is 0 Å². The highest BCUT2D eigenvalue weighted by molar-refractivity contribution is 6.29. The molecule has 11 aromatic carbocycles. The van der Waals surface area contributed by atoms with Crippen LogP contribution < -0.4 is 4.90 Å². The quantitative estimate of drug-likeness (QED) is 0.127. The van der Waals surface area contributed by atoms with Gasteiger partial charge in [-0.1, -0.05) is 207 Å². The zero-order chi connectivity index (χ0) is 48.2. The van der Waals surface area contributed by atoms with E-state index < -0.39 is 0 Å². The molecule has 12 aromatic rings. The lowest BCUT2D eigenvalue weighted by molar-refractivity contribution is 0.132. The summed E-state index contributed by atoms with van der Waals surface area (Å²) in [5.41, 5.74) is 14.0. The second-order valence-electron chi connectivity index (χ2n) is 21.1. The number of hydrogen-bond acceptors (Lipinski definition) is 2. The Balaban J connectivity index is 0.866. The molecular weight excluding hydrogens is 883 g/mol. The molecule has 1 aromatic heterocycles. The average Bonchev–Trinajstić information content (AvgIpc) is 3.87. The fourth-order valence-corrected chi connectivity index (χ4v) is 13.3. The molecule has 2 fully saturated rings. The molecule has 1 heterocycles. The Morgan fingerprint density at radius 3 is 1.77 bits per heavy atom. The number of benzene rings is 11. The molecule has 2 aliphatic carbocycles. The minimum atomic E-state index is 0.873. The largest absolute Gasteiger partial charge is 0.455 e. The first-order valence-corrected chi connectivity index (χ1v) is 26.7. The van der Waals surface area contributed by atoms with E-state index in [4.69, 9.17) is 4.42 Å². The van der Waals surface area contributed by atoms with Crippen LogP contribution in [0.1, 0.15) is 50.5 Å². The Kier molecular flexibility index (Phi) is 11.0. The second kappa shape index (κ2) is 18.4. The lowest BCUT2D eigenvalue weighted by atomic mass is 9.67. The lowest BCUT2D eigenvalue weighted by Gasteiger charge is -2.39. The highest BCUT2D eigenvalue weighted by atomic mass is 16.3. The van der Waals surface area contributed by atoms with Crippen molar-refractivity contribution in [1.82, 2.24) is 0 Å². The third-order valence-electron chi connectivity index (χ3n) is 16.7. The summed E-state index contributed by atoms with van der Waals surface area (Å²) in [5.74, 6) is 3.71. The Hall–Kier alpha value is -8.20. The summed E-state index contributed by atoms with van der Waals surface area (Å²) in [7, 11) is 0. The van der Waals surface area contributed by atoms with Gasteiger partial charge in [0.05, 0.1) is 5.69 Å². The Morgan fingerprint density at radius 1 is 0.411 bits per heavy atom. The van der Waals surface area contributed by atoms with Crippen molar-refractivity contribution in [2.75, 3.05) is 4.90 Å². The Labute approximate surface area is 428 Å². The maximum atomic E-state index is 7.07. The van der Waals surface area contributed by atoms with E-state index in [0.29, 0.717) is 0 Å². The van der Waals surface area contributed by atoms with Crippen LogP contribution in [-0.4, -0.2) is 0 Å². The van der Waals surface area contributed by atoms with Crippen molar-refractivity contribution in [3.8, 4) is 44.7 Å². The van der Waals surface area contributed by atoms with Crippen molar-refractivity contribution in [1.29, 1.82) is 0 Å². The van der Waals surface area contributed by atoms with Gasteiger partial charge in [-0.25, -0.2) is 0 Å². The maximum absolute atomic E-state index is 7.07. The summed E-state index contributed by atoms with van der Waals surface area (Å²) in [6, 6.07) is 84.9. The Morgan fingerprint density at radius 2 is 1.01 bits per heavy atom. The van der Waals surface area contributed by atoms with Crippen LogP contribution in [0.3, 0.4) is 0 Å². The van der Waals surface area contributed by atoms with Crippen molar-refractivity contribution >= 4 is 71.1 Å². The molecule has 2 bridgehead atoms. The minimum Gasteiger partial charge on any atom is -0.455 e. The zero-order valence-electron chi connectivity index (χ0n) is 41.2. The number of aryl methyl sites for hydroxylation is 1. The molecule has 14 rings (SSSR count). The van der Waals surface area contributed by atoms with E-state index in [2.05, 4.69) is 235 Å². The van der Waals surface area contributed by atoms with Gasteiger partial charge >= 0.3 is 0 Å². The first-order valence-electron chi connectivity index (χ1n) is 26.7. The number of hydrogen-bond donors (Lipinski definition) is 0. The lowest BCUT2D eigenvalue weighted by Crippen LogP contribution is -2.27. The molecular formula is C71H57NO. The molecule has 352 valence electrons. The van der Waals surface area contributed by atoms with Gasteiger partial charge in [-0.15, -0.1) is 0 Å². The molecule has 2 unspecified atom stereocenters. The summed E-state index contributed by atoms with van der Waals surface area (Å²) in [6.45, 7) is 0. The van der Waals surface area contributed by atoms with E-state index in [-0.39, 0.29) is 0 Å². The fraction of sp³-hybridized carbons (Fsp3) is 0.155. The fourth-order valence-electron chi connectivity index (χ4n) is 13.3. The average molecular weight is 940 g/mol. The van der Waals surface area contributed by atoms with Crippen LogP contribution in [0.15, 0.2) is 235 Å². The van der Waals surface area contributed by atoms with Gasteiger partial charge in [0.1, 0.15) is 11.3 Å². The smallest absolute Gasteiger partial charge is 0.143 e. The molecule has 2 heteroatoms. The molecule has 0 saturated heterocycles. The normalized spacial score (nSPS) is 16.7. The number of rotatable bonds is 10. The van der Waals surface area contributed by atoms with E-state index in [9.17, 15) is 0 Å². The standard InChI is InChI=1S/C71H57NO/c1-3-18-53(19-4-1)68-69-64-27-12-10-25-61(64)66-46-55(35-40-65(66)71(69)73-70(68)54-20-5-2-6-21-54)51-33-38-57(39-34-51)72(56-36-31-47(32-37-56)29-30-50-44-48-15-13-16-49(43-48)45-50)67-42-41-62(60-24-9-11-26-63(60)67)59-28-14-22-52-17-7-8-23-58(52)59/h1-12,14,17-28,31-42,46,48-50H,13,15-16,29-30,43-45H2. The van der Waals surface area contributed by atoms with Gasteiger partial charge in [0.15, 0.2) is 0 Å². The van der Waals surface area contributed by atoms with Crippen LogP contribution in [0.5, 0.6) is 0 Å². The van der Waals surface area contributed by atoms with E-state index in [1.165, 1.54) is 116 Å². The molecule has 2 nitrogen and oxygen atoms in total. The van der Waals surface area contributed by atoms with Crippen LogP contribution in [0.25, 0.3) is 98.8 Å². The predicted octanol–water partition coefficient (Wildman–Crippen LogP) is 20.3. The van der Waals surface area contributed by atoms with E-state index in [0.717, 1.165) is 74.4 Å². The molecule has 2 aliphatic rings. The van der Waals surface area contributed by atoms with Crippen LogP contribution in [-0.2, 0) is 6.42 Å². The van der Waals surface area contributed by atoms with Gasteiger partial charge < -0.3 is 9.32 Å². The molecule has 0 aliphatic heterocycles. The number of furan rings is 1. The first-order chi connectivity index (χ1) is 36.2. The maximum Gasteiger partial charge on any atom is 0.143 e. The van der Waals surface area contributed by atoms with Crippen LogP contribution in [0.4, 0.5) is 17.1 Å². The highest BCUT2D eigenvalue weighted by Crippen LogP contribution is 2.49. The second-order valence-corrected chi connectivity index (χ2v) is 21.1. The van der Waals surface area contributed by atoms with Crippen LogP contribution >= 0.6 is 0 Å². The first kappa shape index (κ1) is 43.6. The van der Waals surface area contributed by atoms with Crippen LogP contribution in [0.2, 0.25) is 0 Å². The van der Waals surface area contributed by atoms with Gasteiger partial charge in [-0.3, -0.25) is 0 Å². The summed E-state index contributed by atoms with van der Waals surface area (Å²) in [4.78, 5) is 2.47. The van der Waals surface area contributed by atoms with Gasteiger partial charge in [0.2, 0.25) is 0 Å². The minimum absolute atomic E-state index is 0.873. The SMILES string of the molecule is c1ccc(-c2oc3c4ccc(-c5ccc(N(c6ccc(CCC7CC8CCCC(C8)C7)cc6)c6ccc(-c7cccc8ccccc78)c7ccccc67)cc5)cc4c4ccccc4c3c2-c2ccccc2)cc1. The number of nitrogens with zero attached hydrogens (tertiary/aromatic N) is 1. The summed E-state index contributed by atoms with van der Waals surface area (Å²) in [6.07, 6.45) is 11.2. The molecule has 0 radical (unpaired) electrons. The number of anilines is 3. The summed E-state index contributed by atoms with van der Waals surface area (Å²) < 4.78 is 7.07. The third kappa shape index (κ3) is 7.88. The molecule has 0 N–H and O–H groups in total. The highest BCUT2D eigenvalue weighted by Gasteiger charge is 2.31. The van der Waals surface area contributed by atoms with Gasteiger partial charge in [-0.2, -0.15) is 0 Å². The molecule has 73 heavy (non-hydrogen) atoms. The molecule has 0 amide bonds. The van der Waals surface area contributed by atoms with Crippen molar-refractivity contribution in [3.63, 3.8) is 0 Å². The Bertz CT molecular complexity index is 3960. The van der Waals surface area contributed by atoms with Crippen LogP contribution in [0, 0.1) is 17.8 Å². The molecule has 0 spiro atoms. The van der Waals surface area contributed by atoms with E-state index >= 15 is 0 Å². The topological polar surface area (TPSA) is 16.4 Å². The van der Waals surface area contributed by atoms with E-state index in [1.807, 2.05) is 0 Å². The predicted molar refractivity (Wildman–Crippen MR) is 309 cm³/mol. The van der Waals surface area contributed by atoms with Crippen molar-refractivity contribution in [3.05, 3.63) is 236 Å².